The molecule has 0 saturated carbocycles. The van der Waals surface area contributed by atoms with Crippen LogP contribution in [0.4, 0.5) is 8.78 Å². The molecular weight excluding hydrogens is 188 g/mol. The Kier molecular flexibility index (Phi) is 3.80. The molecule has 1 radical (unpaired) electrons. The number of pyridine rings is 1. The van der Waals surface area contributed by atoms with Crippen LogP contribution in [0.25, 0.3) is 0 Å². The van der Waals surface area contributed by atoms with Crippen LogP contribution in [-0.2, 0) is 0 Å². The first-order valence-electron chi connectivity index (χ1n) is 4.30. The SMILES string of the molecule is C[CH]c1cnc(OCC(F)F)c(C)c1. The van der Waals surface area contributed by atoms with E-state index in [1.54, 1.807) is 13.1 Å². The van der Waals surface area contributed by atoms with Crippen molar-refractivity contribution >= 4 is 0 Å². The fourth-order valence-corrected chi connectivity index (χ4v) is 1.03. The maximum absolute atomic E-state index is 11.8. The Balaban J connectivity index is 2.69. The number of ether oxygens (including phenoxy) is 1. The Morgan fingerprint density at radius 3 is 2.79 bits per heavy atom. The first-order chi connectivity index (χ1) is 6.63. The number of hydrogen-bond donors (Lipinski definition) is 0. The van der Waals surface area contributed by atoms with Crippen molar-refractivity contribution in [3.63, 3.8) is 0 Å². The van der Waals surface area contributed by atoms with Gasteiger partial charge in [-0.1, -0.05) is 6.92 Å². The third-order valence-corrected chi connectivity index (χ3v) is 1.73. The summed E-state index contributed by atoms with van der Waals surface area (Å²) in [5.74, 6) is 0.274. The van der Waals surface area contributed by atoms with Crippen LogP contribution < -0.4 is 4.74 Å². The summed E-state index contributed by atoms with van der Waals surface area (Å²) >= 11 is 0. The zero-order chi connectivity index (χ0) is 10.6. The van der Waals surface area contributed by atoms with Crippen LogP contribution >= 0.6 is 0 Å². The number of hydrogen-bond acceptors (Lipinski definition) is 2. The molecule has 0 aliphatic heterocycles. The number of aromatic nitrogens is 1. The zero-order valence-electron chi connectivity index (χ0n) is 8.13. The molecular formula is C10H12F2NO. The standard InChI is InChI=1S/C10H12F2NO/c1-3-8-4-7(2)10(13-5-8)14-6-9(11)12/h3-5,9H,6H2,1-2H3. The summed E-state index contributed by atoms with van der Waals surface area (Å²) in [5.41, 5.74) is 1.72. The fraction of sp³-hybridized carbons (Fsp3) is 0.400. The Bertz CT molecular complexity index is 302. The summed E-state index contributed by atoms with van der Waals surface area (Å²) < 4.78 is 28.5. The second kappa shape index (κ2) is 4.88. The lowest BCUT2D eigenvalue weighted by Crippen LogP contribution is -2.09. The predicted octanol–water partition coefficient (Wildman–Crippen LogP) is 2.61. The van der Waals surface area contributed by atoms with Gasteiger partial charge in [0, 0.05) is 11.8 Å². The summed E-state index contributed by atoms with van der Waals surface area (Å²) in [6, 6.07) is 1.84. The maximum atomic E-state index is 11.8. The normalized spacial score (nSPS) is 10.6. The van der Waals surface area contributed by atoms with Gasteiger partial charge in [0.15, 0.2) is 6.61 Å². The first-order valence-corrected chi connectivity index (χ1v) is 4.30. The van der Waals surface area contributed by atoms with Gasteiger partial charge >= 0.3 is 0 Å². The average Bonchev–Trinajstić information content (AvgIpc) is 2.15. The van der Waals surface area contributed by atoms with Gasteiger partial charge in [-0.2, -0.15) is 0 Å². The van der Waals surface area contributed by atoms with Crippen molar-refractivity contribution in [1.82, 2.24) is 4.98 Å². The van der Waals surface area contributed by atoms with E-state index in [1.165, 1.54) is 0 Å². The van der Waals surface area contributed by atoms with Gasteiger partial charge in [-0.3, -0.25) is 0 Å². The van der Waals surface area contributed by atoms with E-state index in [-0.39, 0.29) is 5.88 Å². The van der Waals surface area contributed by atoms with E-state index in [0.717, 1.165) is 11.1 Å². The average molecular weight is 200 g/mol. The number of halogens is 2. The van der Waals surface area contributed by atoms with Gasteiger partial charge in [0.25, 0.3) is 6.43 Å². The molecule has 0 fully saturated rings. The van der Waals surface area contributed by atoms with Crippen molar-refractivity contribution in [2.45, 2.75) is 20.3 Å². The maximum Gasteiger partial charge on any atom is 0.272 e. The van der Waals surface area contributed by atoms with Crippen molar-refractivity contribution in [2.75, 3.05) is 6.61 Å². The molecule has 14 heavy (non-hydrogen) atoms. The molecule has 1 heterocycles. The number of nitrogens with zero attached hydrogens (tertiary/aromatic N) is 1. The Morgan fingerprint density at radius 1 is 1.57 bits per heavy atom. The van der Waals surface area contributed by atoms with E-state index >= 15 is 0 Å². The minimum Gasteiger partial charge on any atom is -0.471 e. The Morgan fingerprint density at radius 2 is 2.29 bits per heavy atom. The molecule has 0 aliphatic carbocycles. The number of aryl methyl sites for hydroxylation is 1. The number of rotatable bonds is 4. The van der Waals surface area contributed by atoms with E-state index in [4.69, 9.17) is 4.74 Å². The van der Waals surface area contributed by atoms with E-state index in [0.29, 0.717) is 0 Å². The highest BCUT2D eigenvalue weighted by molar-refractivity contribution is 5.31. The predicted molar refractivity (Wildman–Crippen MR) is 49.5 cm³/mol. The van der Waals surface area contributed by atoms with Crippen LogP contribution in [0.3, 0.4) is 0 Å². The Hall–Kier alpha value is -1.19. The van der Waals surface area contributed by atoms with Crippen LogP contribution in [0.15, 0.2) is 12.3 Å². The lowest BCUT2D eigenvalue weighted by Gasteiger charge is -2.07. The molecule has 0 atom stereocenters. The molecule has 2 nitrogen and oxygen atoms in total. The van der Waals surface area contributed by atoms with Crippen LogP contribution in [-0.4, -0.2) is 18.0 Å². The molecule has 77 valence electrons. The van der Waals surface area contributed by atoms with Crippen molar-refractivity contribution in [2.24, 2.45) is 0 Å². The second-order valence-corrected chi connectivity index (χ2v) is 2.88. The highest BCUT2D eigenvalue weighted by atomic mass is 19.3. The van der Waals surface area contributed by atoms with Crippen molar-refractivity contribution < 1.29 is 13.5 Å². The van der Waals surface area contributed by atoms with Crippen molar-refractivity contribution in [3.05, 3.63) is 29.8 Å². The van der Waals surface area contributed by atoms with Crippen LogP contribution in [0, 0.1) is 13.3 Å². The minimum atomic E-state index is -2.46. The smallest absolute Gasteiger partial charge is 0.272 e. The largest absolute Gasteiger partial charge is 0.471 e. The van der Waals surface area contributed by atoms with Gasteiger partial charge in [-0.25, -0.2) is 13.8 Å². The van der Waals surface area contributed by atoms with E-state index < -0.39 is 13.0 Å². The first kappa shape index (κ1) is 10.9. The zero-order valence-corrected chi connectivity index (χ0v) is 8.13. The lowest BCUT2D eigenvalue weighted by molar-refractivity contribution is 0.0792. The van der Waals surface area contributed by atoms with E-state index in [9.17, 15) is 8.78 Å². The van der Waals surface area contributed by atoms with Crippen LogP contribution in [0.5, 0.6) is 5.88 Å². The fourth-order valence-electron chi connectivity index (χ4n) is 1.03. The molecule has 1 aromatic heterocycles. The van der Waals surface area contributed by atoms with E-state index in [2.05, 4.69) is 4.98 Å². The van der Waals surface area contributed by atoms with Gasteiger partial charge in [-0.15, -0.1) is 0 Å². The molecule has 0 bridgehead atoms. The minimum absolute atomic E-state index is 0.274. The molecule has 0 aliphatic rings. The third-order valence-electron chi connectivity index (χ3n) is 1.73. The summed E-state index contributed by atoms with van der Waals surface area (Å²) in [6.07, 6.45) is 1.01. The van der Waals surface area contributed by atoms with Crippen molar-refractivity contribution in [1.29, 1.82) is 0 Å². The summed E-state index contributed by atoms with van der Waals surface area (Å²) in [4.78, 5) is 3.93. The van der Waals surface area contributed by atoms with Gasteiger partial charge in [-0.05, 0) is 25.0 Å². The van der Waals surface area contributed by atoms with Crippen molar-refractivity contribution in [3.8, 4) is 5.88 Å². The quantitative estimate of drug-likeness (QED) is 0.745. The summed E-state index contributed by atoms with van der Waals surface area (Å²) in [6.45, 7) is 3.06. The highest BCUT2D eigenvalue weighted by Gasteiger charge is 2.06. The monoisotopic (exact) mass is 200 g/mol. The lowest BCUT2D eigenvalue weighted by atomic mass is 10.2. The molecule has 1 aromatic rings. The summed E-state index contributed by atoms with van der Waals surface area (Å²) in [7, 11) is 0. The molecule has 0 N–H and O–H groups in total. The molecule has 0 aromatic carbocycles. The highest BCUT2D eigenvalue weighted by Crippen LogP contribution is 2.16. The van der Waals surface area contributed by atoms with Gasteiger partial charge in [0.1, 0.15) is 0 Å². The molecule has 0 unspecified atom stereocenters. The summed E-state index contributed by atoms with van der Waals surface area (Å²) in [5, 5.41) is 0. The van der Waals surface area contributed by atoms with Gasteiger partial charge in [0.05, 0.1) is 0 Å². The molecule has 4 heteroatoms. The molecule has 1 rings (SSSR count). The van der Waals surface area contributed by atoms with E-state index in [1.807, 2.05) is 19.4 Å². The van der Waals surface area contributed by atoms with Gasteiger partial charge in [0.2, 0.25) is 5.88 Å². The molecule has 0 spiro atoms. The van der Waals surface area contributed by atoms with Crippen LogP contribution in [0.2, 0.25) is 0 Å². The second-order valence-electron chi connectivity index (χ2n) is 2.88. The topological polar surface area (TPSA) is 22.1 Å². The molecule has 0 saturated heterocycles. The Labute approximate surface area is 81.9 Å². The number of alkyl halides is 2. The van der Waals surface area contributed by atoms with Gasteiger partial charge < -0.3 is 4.74 Å². The van der Waals surface area contributed by atoms with Crippen LogP contribution in [0.1, 0.15) is 18.1 Å². The molecule has 0 amide bonds. The third kappa shape index (κ3) is 2.94.